The van der Waals surface area contributed by atoms with Crippen molar-refractivity contribution >= 4 is 0 Å². The number of benzene rings is 1. The molecule has 2 atom stereocenters. The molecule has 1 aromatic rings. The molecule has 21 heavy (non-hydrogen) atoms. The molecule has 1 aromatic carbocycles. The van der Waals surface area contributed by atoms with Gasteiger partial charge >= 0.3 is 0 Å². The zero-order chi connectivity index (χ0) is 15.3. The highest BCUT2D eigenvalue weighted by molar-refractivity contribution is 5.23. The number of hydrogen-bond donors (Lipinski definition) is 2. The predicted molar refractivity (Wildman–Crippen MR) is 87.2 cm³/mol. The molecule has 0 radical (unpaired) electrons. The molecule has 1 aliphatic heterocycles. The van der Waals surface area contributed by atoms with Gasteiger partial charge in [-0.15, -0.1) is 0 Å². The molecule has 1 fully saturated rings. The second-order valence-corrected chi connectivity index (χ2v) is 6.17. The maximum atomic E-state index is 10.9. The molecule has 0 saturated carbocycles. The molecule has 3 N–H and O–H groups in total. The fraction of sp³-hybridized carbons (Fsp3) is 0.647. The van der Waals surface area contributed by atoms with Gasteiger partial charge in [-0.1, -0.05) is 37.3 Å². The van der Waals surface area contributed by atoms with E-state index in [0.29, 0.717) is 12.6 Å². The number of rotatable bonds is 6. The maximum Gasteiger partial charge on any atom is 0.114 e. The summed E-state index contributed by atoms with van der Waals surface area (Å²) in [6, 6.07) is 10.4. The lowest BCUT2D eigenvalue weighted by Crippen LogP contribution is -2.54. The largest absolute Gasteiger partial charge is 0.382 e. The predicted octanol–water partition coefficient (Wildman–Crippen LogP) is 1.25. The topological polar surface area (TPSA) is 52.7 Å². The van der Waals surface area contributed by atoms with E-state index in [1.165, 1.54) is 6.42 Å². The van der Waals surface area contributed by atoms with Crippen LogP contribution in [0.4, 0.5) is 0 Å². The van der Waals surface area contributed by atoms with Gasteiger partial charge in [-0.2, -0.15) is 0 Å². The normalized spacial score (nSPS) is 21.9. The third-order valence-corrected chi connectivity index (χ3v) is 4.76. The SMILES string of the molecule is CCC(C)N1CCN(CC(O)(CN)c2ccccc2)CC1. The summed E-state index contributed by atoms with van der Waals surface area (Å²) in [5.74, 6) is 0. The van der Waals surface area contributed by atoms with Crippen LogP contribution in [-0.4, -0.2) is 60.2 Å². The van der Waals surface area contributed by atoms with Gasteiger partial charge in [-0.25, -0.2) is 0 Å². The first-order valence-corrected chi connectivity index (χ1v) is 8.03. The molecule has 118 valence electrons. The quantitative estimate of drug-likeness (QED) is 0.828. The monoisotopic (exact) mass is 291 g/mol. The third kappa shape index (κ3) is 4.04. The molecular formula is C17H29N3O. The summed E-state index contributed by atoms with van der Waals surface area (Å²) in [6.07, 6.45) is 1.19. The highest BCUT2D eigenvalue weighted by atomic mass is 16.3. The summed E-state index contributed by atoms with van der Waals surface area (Å²) in [4.78, 5) is 4.86. The number of β-amino-alcohol motifs (C(OH)–C–C–N with tert-alkyl or cyclic N) is 1. The minimum absolute atomic E-state index is 0.253. The van der Waals surface area contributed by atoms with Gasteiger partial charge in [-0.05, 0) is 18.9 Å². The van der Waals surface area contributed by atoms with E-state index in [1.54, 1.807) is 0 Å². The Kier molecular flexibility index (Phi) is 5.76. The van der Waals surface area contributed by atoms with Gasteiger partial charge < -0.3 is 10.8 Å². The Bertz CT molecular complexity index is 417. The summed E-state index contributed by atoms with van der Waals surface area (Å²) < 4.78 is 0. The second-order valence-electron chi connectivity index (χ2n) is 6.17. The molecule has 0 aliphatic carbocycles. The maximum absolute atomic E-state index is 10.9. The standard InChI is InChI=1S/C17H29N3O/c1-3-15(2)20-11-9-19(10-12-20)14-17(21,13-18)16-7-5-4-6-8-16/h4-8,15,21H,3,9-14,18H2,1-2H3. The van der Waals surface area contributed by atoms with E-state index < -0.39 is 5.60 Å². The third-order valence-electron chi connectivity index (χ3n) is 4.76. The zero-order valence-corrected chi connectivity index (χ0v) is 13.3. The Morgan fingerprint density at radius 1 is 1.19 bits per heavy atom. The smallest absolute Gasteiger partial charge is 0.114 e. The molecule has 0 bridgehead atoms. The minimum atomic E-state index is -0.945. The summed E-state index contributed by atoms with van der Waals surface area (Å²) in [7, 11) is 0. The van der Waals surface area contributed by atoms with E-state index in [4.69, 9.17) is 5.73 Å². The van der Waals surface area contributed by atoms with Crippen LogP contribution in [0, 0.1) is 0 Å². The summed E-state index contributed by atoms with van der Waals surface area (Å²) in [5, 5.41) is 10.9. The molecule has 2 rings (SSSR count). The van der Waals surface area contributed by atoms with E-state index in [1.807, 2.05) is 30.3 Å². The van der Waals surface area contributed by atoms with Crippen molar-refractivity contribution in [3.05, 3.63) is 35.9 Å². The summed E-state index contributed by atoms with van der Waals surface area (Å²) in [5.41, 5.74) is 5.84. The van der Waals surface area contributed by atoms with E-state index in [0.717, 1.165) is 31.7 Å². The first kappa shape index (κ1) is 16.4. The Hall–Kier alpha value is -0.940. The van der Waals surface area contributed by atoms with Gasteiger partial charge in [0.05, 0.1) is 0 Å². The van der Waals surface area contributed by atoms with E-state index in [-0.39, 0.29) is 6.54 Å². The molecule has 0 amide bonds. The van der Waals surface area contributed by atoms with Gasteiger partial charge in [-0.3, -0.25) is 9.80 Å². The summed E-state index contributed by atoms with van der Waals surface area (Å²) >= 11 is 0. The van der Waals surface area contributed by atoms with Crippen LogP contribution in [0.1, 0.15) is 25.8 Å². The van der Waals surface area contributed by atoms with Crippen LogP contribution < -0.4 is 5.73 Å². The van der Waals surface area contributed by atoms with Crippen molar-refractivity contribution in [3.8, 4) is 0 Å². The van der Waals surface area contributed by atoms with Crippen LogP contribution in [0.25, 0.3) is 0 Å². The van der Waals surface area contributed by atoms with Crippen molar-refractivity contribution in [2.45, 2.75) is 31.9 Å². The Balaban J connectivity index is 1.95. The van der Waals surface area contributed by atoms with Crippen molar-refractivity contribution in [1.29, 1.82) is 0 Å². The van der Waals surface area contributed by atoms with Crippen molar-refractivity contribution < 1.29 is 5.11 Å². The van der Waals surface area contributed by atoms with Gasteiger partial charge in [0.15, 0.2) is 0 Å². The lowest BCUT2D eigenvalue weighted by atomic mass is 9.93. The Morgan fingerprint density at radius 3 is 2.33 bits per heavy atom. The van der Waals surface area contributed by atoms with Gasteiger partial charge in [0.1, 0.15) is 5.60 Å². The molecule has 2 unspecified atom stereocenters. The van der Waals surface area contributed by atoms with Crippen molar-refractivity contribution in [1.82, 2.24) is 9.80 Å². The average Bonchev–Trinajstić information content (AvgIpc) is 2.55. The zero-order valence-electron chi connectivity index (χ0n) is 13.3. The molecular weight excluding hydrogens is 262 g/mol. The molecule has 4 heteroatoms. The Labute approximate surface area is 128 Å². The lowest BCUT2D eigenvalue weighted by Gasteiger charge is -2.41. The van der Waals surface area contributed by atoms with E-state index >= 15 is 0 Å². The van der Waals surface area contributed by atoms with Crippen LogP contribution in [-0.2, 0) is 5.60 Å². The van der Waals surface area contributed by atoms with Crippen molar-refractivity contribution in [2.75, 3.05) is 39.3 Å². The number of piperazine rings is 1. The van der Waals surface area contributed by atoms with E-state index in [2.05, 4.69) is 23.6 Å². The number of nitrogens with zero attached hydrogens (tertiary/aromatic N) is 2. The van der Waals surface area contributed by atoms with Crippen LogP contribution in [0.15, 0.2) is 30.3 Å². The summed E-state index contributed by atoms with van der Waals surface area (Å²) in [6.45, 7) is 9.54. The lowest BCUT2D eigenvalue weighted by molar-refractivity contribution is -0.0111. The average molecular weight is 291 g/mol. The molecule has 4 nitrogen and oxygen atoms in total. The number of aliphatic hydroxyl groups is 1. The van der Waals surface area contributed by atoms with Gasteiger partial charge in [0.25, 0.3) is 0 Å². The van der Waals surface area contributed by atoms with Crippen molar-refractivity contribution in [2.24, 2.45) is 5.73 Å². The first-order valence-electron chi connectivity index (χ1n) is 8.03. The highest BCUT2D eigenvalue weighted by Gasteiger charge is 2.31. The van der Waals surface area contributed by atoms with Crippen molar-refractivity contribution in [3.63, 3.8) is 0 Å². The molecule has 0 aromatic heterocycles. The molecule has 1 saturated heterocycles. The second kappa shape index (κ2) is 7.36. The molecule has 0 spiro atoms. The van der Waals surface area contributed by atoms with Gasteiger partial charge in [0, 0.05) is 45.3 Å². The fourth-order valence-electron chi connectivity index (χ4n) is 3.01. The fourth-order valence-corrected chi connectivity index (χ4v) is 3.01. The minimum Gasteiger partial charge on any atom is -0.382 e. The van der Waals surface area contributed by atoms with E-state index in [9.17, 15) is 5.11 Å². The number of nitrogens with two attached hydrogens (primary N) is 1. The van der Waals surface area contributed by atoms with Gasteiger partial charge in [0.2, 0.25) is 0 Å². The van der Waals surface area contributed by atoms with Crippen LogP contribution in [0.2, 0.25) is 0 Å². The Morgan fingerprint density at radius 2 is 1.81 bits per heavy atom. The number of hydrogen-bond acceptors (Lipinski definition) is 4. The first-order chi connectivity index (χ1) is 10.1. The van der Waals surface area contributed by atoms with Crippen LogP contribution in [0.3, 0.4) is 0 Å². The van der Waals surface area contributed by atoms with Crippen LogP contribution >= 0.6 is 0 Å². The highest BCUT2D eigenvalue weighted by Crippen LogP contribution is 2.22. The molecule has 1 aliphatic rings. The molecule has 1 heterocycles. The van der Waals surface area contributed by atoms with Crippen LogP contribution in [0.5, 0.6) is 0 Å².